The number of carbonyl (C=O) groups excluding carboxylic acids is 1. The van der Waals surface area contributed by atoms with Gasteiger partial charge in [0.2, 0.25) is 0 Å². The fourth-order valence-corrected chi connectivity index (χ4v) is 3.78. The van der Waals surface area contributed by atoms with Gasteiger partial charge in [0.1, 0.15) is 10.6 Å². The molecule has 0 unspecified atom stereocenters. The van der Waals surface area contributed by atoms with Crippen LogP contribution in [-0.4, -0.2) is 22.5 Å². The lowest BCUT2D eigenvalue weighted by molar-refractivity contribution is -0.380. The van der Waals surface area contributed by atoms with Gasteiger partial charge in [-0.05, 0) is 24.3 Å². The van der Waals surface area contributed by atoms with Gasteiger partial charge in [-0.3, -0.25) is 14.9 Å². The third-order valence-corrected chi connectivity index (χ3v) is 5.32. The van der Waals surface area contributed by atoms with Crippen molar-refractivity contribution < 1.29 is 14.5 Å². The highest BCUT2D eigenvalue weighted by atomic mass is 32.1. The highest BCUT2D eigenvalue weighted by Crippen LogP contribution is 2.25. The van der Waals surface area contributed by atoms with Crippen LogP contribution in [0.3, 0.4) is 0 Å². The Hall–Kier alpha value is -2.52. The van der Waals surface area contributed by atoms with Gasteiger partial charge in [0.05, 0.1) is 22.2 Å². The zero-order valence-corrected chi connectivity index (χ0v) is 13.8. The predicted molar refractivity (Wildman–Crippen MR) is 88.2 cm³/mol. The molecule has 0 spiro atoms. The SMILES string of the molecule is COc1ccc2c(c1)sc(=NC(=O)c1ccc([N+](=O)[O-])s1)n2C. The lowest BCUT2D eigenvalue weighted by Gasteiger charge is -1.99. The first-order chi connectivity index (χ1) is 11.0. The molecular formula is C14H11N3O4S2. The maximum absolute atomic E-state index is 12.2. The van der Waals surface area contributed by atoms with E-state index in [2.05, 4.69) is 4.99 Å². The number of carbonyl (C=O) groups is 1. The van der Waals surface area contributed by atoms with Crippen LogP contribution < -0.4 is 9.54 Å². The molecule has 0 fully saturated rings. The van der Waals surface area contributed by atoms with Gasteiger partial charge in [-0.25, -0.2) is 0 Å². The van der Waals surface area contributed by atoms with E-state index in [1.807, 2.05) is 25.2 Å². The van der Waals surface area contributed by atoms with E-state index in [-0.39, 0.29) is 9.88 Å². The fraction of sp³-hybridized carbons (Fsp3) is 0.143. The van der Waals surface area contributed by atoms with Crippen LogP contribution in [0, 0.1) is 10.1 Å². The van der Waals surface area contributed by atoms with Gasteiger partial charge in [-0.2, -0.15) is 4.99 Å². The molecule has 0 aliphatic heterocycles. The van der Waals surface area contributed by atoms with Crippen LogP contribution in [0.5, 0.6) is 5.75 Å². The van der Waals surface area contributed by atoms with Crippen molar-refractivity contribution in [1.82, 2.24) is 4.57 Å². The largest absolute Gasteiger partial charge is 0.497 e. The Morgan fingerprint density at radius 2 is 2.09 bits per heavy atom. The number of rotatable bonds is 3. The Morgan fingerprint density at radius 1 is 1.30 bits per heavy atom. The molecule has 2 aromatic heterocycles. The highest BCUT2D eigenvalue weighted by molar-refractivity contribution is 7.17. The Kier molecular flexibility index (Phi) is 3.97. The Balaban J connectivity index is 2.04. The molecule has 0 N–H and O–H groups in total. The number of aromatic nitrogens is 1. The van der Waals surface area contributed by atoms with E-state index in [0.29, 0.717) is 4.80 Å². The number of amides is 1. The minimum atomic E-state index is -0.521. The Labute approximate surface area is 138 Å². The summed E-state index contributed by atoms with van der Waals surface area (Å²) in [5, 5.41) is 10.6. The van der Waals surface area contributed by atoms with Crippen molar-refractivity contribution in [3.8, 4) is 5.75 Å². The van der Waals surface area contributed by atoms with Crippen LogP contribution in [0.2, 0.25) is 0 Å². The minimum Gasteiger partial charge on any atom is -0.497 e. The van der Waals surface area contributed by atoms with Crippen molar-refractivity contribution in [2.75, 3.05) is 7.11 Å². The van der Waals surface area contributed by atoms with Crippen LogP contribution in [-0.2, 0) is 7.05 Å². The molecule has 9 heteroatoms. The van der Waals surface area contributed by atoms with Crippen LogP contribution in [0.25, 0.3) is 10.2 Å². The average molecular weight is 349 g/mol. The zero-order valence-electron chi connectivity index (χ0n) is 12.2. The van der Waals surface area contributed by atoms with Crippen molar-refractivity contribution in [2.24, 2.45) is 12.0 Å². The monoisotopic (exact) mass is 349 g/mol. The summed E-state index contributed by atoms with van der Waals surface area (Å²) < 4.78 is 7.93. The normalized spacial score (nSPS) is 11.8. The van der Waals surface area contributed by atoms with Gasteiger partial charge >= 0.3 is 5.00 Å². The number of hydrogen-bond donors (Lipinski definition) is 0. The second-order valence-corrected chi connectivity index (χ2v) is 6.66. The van der Waals surface area contributed by atoms with E-state index in [9.17, 15) is 14.9 Å². The topological polar surface area (TPSA) is 86.7 Å². The number of aryl methyl sites for hydroxylation is 1. The van der Waals surface area contributed by atoms with Crippen molar-refractivity contribution >= 4 is 43.8 Å². The first kappa shape index (κ1) is 15.4. The standard InChI is InChI=1S/C14H11N3O4S2/c1-16-9-4-3-8(21-2)7-11(9)23-14(16)15-13(18)10-5-6-12(22-10)17(19)20/h3-7H,1-2H3. The van der Waals surface area contributed by atoms with Gasteiger partial charge in [-0.1, -0.05) is 22.7 Å². The zero-order chi connectivity index (χ0) is 16.6. The fourth-order valence-electron chi connectivity index (χ4n) is 2.03. The smallest absolute Gasteiger partial charge is 0.324 e. The van der Waals surface area contributed by atoms with E-state index in [1.165, 1.54) is 23.5 Å². The molecule has 1 aromatic carbocycles. The second-order valence-electron chi connectivity index (χ2n) is 4.59. The number of methoxy groups -OCH3 is 1. The third-order valence-electron chi connectivity index (χ3n) is 3.20. The van der Waals surface area contributed by atoms with Crippen LogP contribution >= 0.6 is 22.7 Å². The lowest BCUT2D eigenvalue weighted by atomic mass is 10.3. The molecule has 0 aliphatic carbocycles. The molecule has 0 saturated heterocycles. The minimum absolute atomic E-state index is 0.0750. The van der Waals surface area contributed by atoms with Gasteiger partial charge in [0.25, 0.3) is 5.91 Å². The maximum atomic E-state index is 12.2. The molecular weight excluding hydrogens is 338 g/mol. The predicted octanol–water partition coefficient (Wildman–Crippen LogP) is 2.96. The molecule has 0 saturated carbocycles. The molecule has 3 rings (SSSR count). The third kappa shape index (κ3) is 2.88. The summed E-state index contributed by atoms with van der Waals surface area (Å²) in [6, 6.07) is 8.33. The van der Waals surface area contributed by atoms with Crippen LogP contribution in [0.15, 0.2) is 35.3 Å². The average Bonchev–Trinajstić information content (AvgIpc) is 3.13. The van der Waals surface area contributed by atoms with Crippen molar-refractivity contribution in [1.29, 1.82) is 0 Å². The summed E-state index contributed by atoms with van der Waals surface area (Å²) in [7, 11) is 3.40. The first-order valence-electron chi connectivity index (χ1n) is 6.46. The summed E-state index contributed by atoms with van der Waals surface area (Å²) in [5.74, 6) is 0.239. The maximum Gasteiger partial charge on any atom is 0.324 e. The van der Waals surface area contributed by atoms with Gasteiger partial charge in [-0.15, -0.1) is 0 Å². The van der Waals surface area contributed by atoms with Crippen LogP contribution in [0.1, 0.15) is 9.67 Å². The van der Waals surface area contributed by atoms with E-state index in [0.717, 1.165) is 27.3 Å². The lowest BCUT2D eigenvalue weighted by Crippen LogP contribution is -2.12. The quantitative estimate of drug-likeness (QED) is 0.537. The molecule has 7 nitrogen and oxygen atoms in total. The van der Waals surface area contributed by atoms with Gasteiger partial charge in [0.15, 0.2) is 4.80 Å². The highest BCUT2D eigenvalue weighted by Gasteiger charge is 2.15. The molecule has 0 aliphatic rings. The summed E-state index contributed by atoms with van der Waals surface area (Å²) in [6.07, 6.45) is 0. The molecule has 3 aromatic rings. The molecule has 2 heterocycles. The summed E-state index contributed by atoms with van der Waals surface area (Å²) in [5.41, 5.74) is 0.930. The van der Waals surface area contributed by atoms with Gasteiger partial charge in [0, 0.05) is 13.1 Å². The number of thiophene rings is 1. The summed E-state index contributed by atoms with van der Waals surface area (Å²) in [6.45, 7) is 0. The van der Waals surface area contributed by atoms with E-state index >= 15 is 0 Å². The number of thiazole rings is 1. The number of fused-ring (bicyclic) bond motifs is 1. The molecule has 118 valence electrons. The summed E-state index contributed by atoms with van der Waals surface area (Å²) in [4.78, 5) is 27.2. The molecule has 23 heavy (non-hydrogen) atoms. The van der Waals surface area contributed by atoms with E-state index < -0.39 is 10.8 Å². The number of nitro groups is 1. The van der Waals surface area contributed by atoms with E-state index in [1.54, 1.807) is 11.7 Å². The van der Waals surface area contributed by atoms with Crippen molar-refractivity contribution in [2.45, 2.75) is 0 Å². The van der Waals surface area contributed by atoms with E-state index in [4.69, 9.17) is 4.74 Å². The van der Waals surface area contributed by atoms with Crippen LogP contribution in [0.4, 0.5) is 5.00 Å². The Morgan fingerprint density at radius 3 is 2.74 bits per heavy atom. The molecule has 1 amide bonds. The first-order valence-corrected chi connectivity index (χ1v) is 8.10. The van der Waals surface area contributed by atoms with Crippen molar-refractivity contribution in [3.63, 3.8) is 0 Å². The van der Waals surface area contributed by atoms with Crippen molar-refractivity contribution in [3.05, 3.63) is 50.1 Å². The number of hydrogen-bond acceptors (Lipinski definition) is 6. The summed E-state index contributed by atoms with van der Waals surface area (Å²) >= 11 is 2.18. The molecule has 0 atom stereocenters. The van der Waals surface area contributed by atoms with Gasteiger partial charge < -0.3 is 9.30 Å². The number of ether oxygens (including phenoxy) is 1. The molecule has 0 radical (unpaired) electrons. The molecule has 0 bridgehead atoms. The second kappa shape index (κ2) is 5.94. The Bertz CT molecular complexity index is 983. The number of benzene rings is 1. The number of nitrogens with zero attached hydrogens (tertiary/aromatic N) is 3.